The monoisotopic (exact) mass is 310 g/mol. The van der Waals surface area contributed by atoms with Crippen LogP contribution in [0.15, 0.2) is 66.2 Å². The number of rotatable bonds is 8. The molecule has 3 nitrogen and oxygen atoms in total. The second-order valence-corrected chi connectivity index (χ2v) is 5.43. The highest BCUT2D eigenvalue weighted by atomic mass is 16.5. The van der Waals surface area contributed by atoms with Gasteiger partial charge in [-0.05, 0) is 49.4 Å². The fourth-order valence-electron chi connectivity index (χ4n) is 2.22. The average Bonchev–Trinajstić information content (AvgIpc) is 2.59. The van der Waals surface area contributed by atoms with Gasteiger partial charge in [0.1, 0.15) is 5.75 Å². The molecule has 2 aromatic rings. The SMILES string of the molecule is CC(=CCCCCOc1ccc(-c2ccccc2)cc1)C(=O)O. The number of hydrogen-bond acceptors (Lipinski definition) is 2. The second-order valence-electron chi connectivity index (χ2n) is 5.43. The summed E-state index contributed by atoms with van der Waals surface area (Å²) in [7, 11) is 0. The van der Waals surface area contributed by atoms with Gasteiger partial charge >= 0.3 is 5.97 Å². The van der Waals surface area contributed by atoms with E-state index in [9.17, 15) is 4.79 Å². The number of ether oxygens (including phenoxy) is 1. The lowest BCUT2D eigenvalue weighted by atomic mass is 10.1. The normalized spacial score (nSPS) is 11.3. The zero-order valence-corrected chi connectivity index (χ0v) is 13.4. The first-order valence-corrected chi connectivity index (χ1v) is 7.85. The van der Waals surface area contributed by atoms with Crippen molar-refractivity contribution in [3.63, 3.8) is 0 Å². The minimum absolute atomic E-state index is 0.405. The Morgan fingerprint density at radius 1 is 1.00 bits per heavy atom. The third kappa shape index (κ3) is 5.62. The van der Waals surface area contributed by atoms with Gasteiger partial charge in [-0.3, -0.25) is 0 Å². The maximum atomic E-state index is 10.6. The molecule has 0 spiro atoms. The molecule has 2 aromatic carbocycles. The van der Waals surface area contributed by atoms with Crippen molar-refractivity contribution in [1.29, 1.82) is 0 Å². The van der Waals surface area contributed by atoms with E-state index in [4.69, 9.17) is 9.84 Å². The Morgan fingerprint density at radius 2 is 1.65 bits per heavy atom. The maximum Gasteiger partial charge on any atom is 0.330 e. The Kier molecular flexibility index (Phi) is 6.42. The molecule has 0 atom stereocenters. The molecule has 0 amide bonds. The summed E-state index contributed by atoms with van der Waals surface area (Å²) in [6, 6.07) is 18.3. The number of unbranched alkanes of at least 4 members (excludes halogenated alkanes) is 2. The fraction of sp³-hybridized carbons (Fsp3) is 0.250. The molecule has 0 bridgehead atoms. The molecule has 0 unspecified atom stereocenters. The number of benzene rings is 2. The van der Waals surface area contributed by atoms with Crippen LogP contribution >= 0.6 is 0 Å². The van der Waals surface area contributed by atoms with Gasteiger partial charge in [0.15, 0.2) is 0 Å². The molecular weight excluding hydrogens is 288 g/mol. The molecule has 0 radical (unpaired) electrons. The summed E-state index contributed by atoms with van der Waals surface area (Å²) in [5.74, 6) is 0.0155. The molecule has 0 fully saturated rings. The first-order valence-electron chi connectivity index (χ1n) is 7.85. The van der Waals surface area contributed by atoms with E-state index < -0.39 is 5.97 Å². The molecule has 2 rings (SSSR count). The Bertz CT molecular complexity index is 642. The van der Waals surface area contributed by atoms with Crippen molar-refractivity contribution in [2.45, 2.75) is 26.2 Å². The van der Waals surface area contributed by atoms with Crippen LogP contribution in [0.5, 0.6) is 5.75 Å². The summed E-state index contributed by atoms with van der Waals surface area (Å²) in [6.07, 6.45) is 4.36. The molecule has 0 aliphatic rings. The number of aliphatic carboxylic acids is 1. The molecule has 0 heterocycles. The molecule has 1 N–H and O–H groups in total. The summed E-state index contributed by atoms with van der Waals surface area (Å²) in [5.41, 5.74) is 2.77. The van der Waals surface area contributed by atoms with Crippen molar-refractivity contribution in [2.24, 2.45) is 0 Å². The summed E-state index contributed by atoms with van der Waals surface area (Å²) in [6.45, 7) is 2.26. The molecule has 0 aliphatic carbocycles. The van der Waals surface area contributed by atoms with Crippen molar-refractivity contribution in [3.05, 3.63) is 66.2 Å². The number of carboxylic acid groups (broad SMARTS) is 1. The van der Waals surface area contributed by atoms with Crippen LogP contribution in [-0.4, -0.2) is 17.7 Å². The molecule has 0 saturated carbocycles. The van der Waals surface area contributed by atoms with E-state index in [1.807, 2.05) is 30.3 Å². The van der Waals surface area contributed by atoms with Crippen LogP contribution in [0.4, 0.5) is 0 Å². The first-order chi connectivity index (χ1) is 11.2. The van der Waals surface area contributed by atoms with Gasteiger partial charge in [0.25, 0.3) is 0 Å². The highest BCUT2D eigenvalue weighted by Crippen LogP contribution is 2.22. The number of hydrogen-bond donors (Lipinski definition) is 1. The molecular formula is C20H22O3. The Morgan fingerprint density at radius 3 is 2.30 bits per heavy atom. The van der Waals surface area contributed by atoms with Crippen LogP contribution in [0.2, 0.25) is 0 Å². The van der Waals surface area contributed by atoms with E-state index in [2.05, 4.69) is 24.3 Å². The Labute approximate surface area is 137 Å². The van der Waals surface area contributed by atoms with Gasteiger partial charge in [0, 0.05) is 5.57 Å². The van der Waals surface area contributed by atoms with Gasteiger partial charge in [0.2, 0.25) is 0 Å². The van der Waals surface area contributed by atoms with E-state index in [1.165, 1.54) is 11.1 Å². The minimum Gasteiger partial charge on any atom is -0.494 e. The lowest BCUT2D eigenvalue weighted by Gasteiger charge is -2.07. The van der Waals surface area contributed by atoms with E-state index in [1.54, 1.807) is 13.0 Å². The van der Waals surface area contributed by atoms with E-state index in [0.29, 0.717) is 12.2 Å². The summed E-state index contributed by atoms with van der Waals surface area (Å²) in [5, 5.41) is 8.75. The maximum absolute atomic E-state index is 10.6. The van der Waals surface area contributed by atoms with Crippen molar-refractivity contribution in [2.75, 3.05) is 6.61 Å². The second kappa shape index (κ2) is 8.79. The van der Waals surface area contributed by atoms with Crippen molar-refractivity contribution < 1.29 is 14.6 Å². The average molecular weight is 310 g/mol. The number of allylic oxidation sites excluding steroid dienone is 1. The van der Waals surface area contributed by atoms with Crippen molar-refractivity contribution in [3.8, 4) is 16.9 Å². The standard InChI is InChI=1S/C20H22O3/c1-16(20(21)22)8-4-3-7-15-23-19-13-11-18(12-14-19)17-9-5-2-6-10-17/h2,5-6,8-14H,3-4,7,15H2,1H3,(H,21,22). The zero-order valence-electron chi connectivity index (χ0n) is 13.4. The van der Waals surface area contributed by atoms with Gasteiger partial charge in [-0.15, -0.1) is 0 Å². The molecule has 0 saturated heterocycles. The highest BCUT2D eigenvalue weighted by molar-refractivity contribution is 5.85. The van der Waals surface area contributed by atoms with Crippen molar-refractivity contribution >= 4 is 5.97 Å². The van der Waals surface area contributed by atoms with E-state index >= 15 is 0 Å². The molecule has 3 heteroatoms. The highest BCUT2D eigenvalue weighted by Gasteiger charge is 1.99. The van der Waals surface area contributed by atoms with Gasteiger partial charge in [-0.1, -0.05) is 48.5 Å². The quantitative estimate of drug-likeness (QED) is 0.555. The Balaban J connectivity index is 1.73. The van der Waals surface area contributed by atoms with Crippen molar-refractivity contribution in [1.82, 2.24) is 0 Å². The molecule has 0 aromatic heterocycles. The fourth-order valence-corrected chi connectivity index (χ4v) is 2.22. The van der Waals surface area contributed by atoms with Crippen LogP contribution in [0, 0.1) is 0 Å². The zero-order chi connectivity index (χ0) is 16.5. The topological polar surface area (TPSA) is 46.5 Å². The number of carbonyl (C=O) groups is 1. The minimum atomic E-state index is -0.847. The van der Waals surface area contributed by atoms with Gasteiger partial charge < -0.3 is 9.84 Å². The molecule has 0 aliphatic heterocycles. The summed E-state index contributed by atoms with van der Waals surface area (Å²) >= 11 is 0. The molecule has 23 heavy (non-hydrogen) atoms. The van der Waals surface area contributed by atoms with Crippen LogP contribution in [0.3, 0.4) is 0 Å². The largest absolute Gasteiger partial charge is 0.494 e. The first kappa shape index (κ1) is 16.8. The van der Waals surface area contributed by atoms with Gasteiger partial charge in [-0.25, -0.2) is 4.79 Å². The molecule has 120 valence electrons. The van der Waals surface area contributed by atoms with Crippen LogP contribution in [0.25, 0.3) is 11.1 Å². The lowest BCUT2D eigenvalue weighted by molar-refractivity contribution is -0.132. The summed E-state index contributed by atoms with van der Waals surface area (Å²) < 4.78 is 5.71. The van der Waals surface area contributed by atoms with E-state index in [0.717, 1.165) is 25.0 Å². The predicted octanol–water partition coefficient (Wildman–Crippen LogP) is 4.93. The third-order valence-corrected chi connectivity index (χ3v) is 3.62. The number of carboxylic acids is 1. The third-order valence-electron chi connectivity index (χ3n) is 3.62. The van der Waals surface area contributed by atoms with Gasteiger partial charge in [-0.2, -0.15) is 0 Å². The van der Waals surface area contributed by atoms with Crippen LogP contribution < -0.4 is 4.74 Å². The summed E-state index contributed by atoms with van der Waals surface area (Å²) in [4.78, 5) is 10.6. The van der Waals surface area contributed by atoms with E-state index in [-0.39, 0.29) is 0 Å². The predicted molar refractivity (Wildman–Crippen MR) is 92.6 cm³/mol. The van der Waals surface area contributed by atoms with Crippen LogP contribution in [-0.2, 0) is 4.79 Å². The smallest absolute Gasteiger partial charge is 0.330 e. The lowest BCUT2D eigenvalue weighted by Crippen LogP contribution is -1.98. The van der Waals surface area contributed by atoms with Crippen LogP contribution in [0.1, 0.15) is 26.2 Å². The Hall–Kier alpha value is -2.55. The van der Waals surface area contributed by atoms with Gasteiger partial charge in [0.05, 0.1) is 6.61 Å².